The van der Waals surface area contributed by atoms with Crippen molar-refractivity contribution in [2.75, 3.05) is 24.1 Å². The fraction of sp³-hybridized carbons (Fsp3) is 0.368. The van der Waals surface area contributed by atoms with Crippen LogP contribution in [0.1, 0.15) is 12.5 Å². The SMILES string of the molecule is CCN(c1cccc(C)c1)S(=O)(=O)c1cc(OCC(F)(F)F)ccc1OCC(F)(F)F. The van der Waals surface area contributed by atoms with Crippen LogP contribution in [0.25, 0.3) is 0 Å². The zero-order chi connectivity index (χ0) is 23.4. The van der Waals surface area contributed by atoms with E-state index in [1.165, 1.54) is 13.0 Å². The lowest BCUT2D eigenvalue weighted by atomic mass is 10.2. The van der Waals surface area contributed by atoms with Gasteiger partial charge in [-0.1, -0.05) is 12.1 Å². The van der Waals surface area contributed by atoms with Gasteiger partial charge < -0.3 is 9.47 Å². The highest BCUT2D eigenvalue weighted by molar-refractivity contribution is 7.93. The molecule has 0 fully saturated rings. The Labute approximate surface area is 175 Å². The molecule has 2 aromatic carbocycles. The van der Waals surface area contributed by atoms with Gasteiger partial charge in [0, 0.05) is 12.6 Å². The molecular weight excluding hydrogens is 452 g/mol. The lowest BCUT2D eigenvalue weighted by Gasteiger charge is -2.25. The maximum absolute atomic E-state index is 13.3. The smallest absolute Gasteiger partial charge is 0.422 e. The van der Waals surface area contributed by atoms with Gasteiger partial charge >= 0.3 is 12.4 Å². The van der Waals surface area contributed by atoms with Gasteiger partial charge in [-0.3, -0.25) is 4.31 Å². The van der Waals surface area contributed by atoms with E-state index in [9.17, 15) is 34.8 Å². The first-order valence-corrected chi connectivity index (χ1v) is 10.3. The minimum absolute atomic E-state index is 0.0991. The third-order valence-corrected chi connectivity index (χ3v) is 5.78. The first-order valence-electron chi connectivity index (χ1n) is 8.85. The molecule has 0 amide bonds. The van der Waals surface area contributed by atoms with Crippen LogP contribution in [-0.4, -0.2) is 40.5 Å². The predicted molar refractivity (Wildman–Crippen MR) is 101 cm³/mol. The summed E-state index contributed by atoms with van der Waals surface area (Å²) in [7, 11) is -4.52. The molecule has 12 heteroatoms. The van der Waals surface area contributed by atoms with Crippen LogP contribution in [-0.2, 0) is 10.0 Å². The molecule has 0 saturated heterocycles. The molecule has 2 aromatic rings. The molecular formula is C19H19F6NO4S. The zero-order valence-corrected chi connectivity index (χ0v) is 17.2. The molecule has 5 nitrogen and oxygen atoms in total. The summed E-state index contributed by atoms with van der Waals surface area (Å²) in [6.07, 6.45) is -9.45. The van der Waals surface area contributed by atoms with Crippen LogP contribution in [0.2, 0.25) is 0 Å². The minimum atomic E-state index is -4.76. The molecule has 0 unspecified atom stereocenters. The zero-order valence-electron chi connectivity index (χ0n) is 16.4. The van der Waals surface area contributed by atoms with E-state index in [1.54, 1.807) is 25.1 Å². The average molecular weight is 471 g/mol. The van der Waals surface area contributed by atoms with Crippen LogP contribution in [0.15, 0.2) is 47.4 Å². The largest absolute Gasteiger partial charge is 0.484 e. The molecule has 0 heterocycles. The summed E-state index contributed by atoms with van der Waals surface area (Å²) in [6.45, 7) is -0.370. The number of benzene rings is 2. The molecule has 0 saturated carbocycles. The van der Waals surface area contributed by atoms with Gasteiger partial charge in [-0.2, -0.15) is 26.3 Å². The van der Waals surface area contributed by atoms with Crippen molar-refractivity contribution in [2.45, 2.75) is 31.1 Å². The van der Waals surface area contributed by atoms with Crippen molar-refractivity contribution in [3.8, 4) is 11.5 Å². The molecule has 0 atom stereocenters. The standard InChI is InChI=1S/C19H19F6NO4S/c1-3-26(14-6-4-5-13(2)9-14)31(27,28)17-10-15(29-11-18(20,21)22)7-8-16(17)30-12-19(23,24)25/h4-10H,3,11-12H2,1-2H3. The highest BCUT2D eigenvalue weighted by Gasteiger charge is 2.33. The van der Waals surface area contributed by atoms with Gasteiger partial charge in [0.05, 0.1) is 5.69 Å². The van der Waals surface area contributed by atoms with Crippen molar-refractivity contribution >= 4 is 15.7 Å². The lowest BCUT2D eigenvalue weighted by molar-refractivity contribution is -0.154. The Morgan fingerprint density at radius 3 is 2.06 bits per heavy atom. The number of nitrogens with zero attached hydrogens (tertiary/aromatic N) is 1. The fourth-order valence-corrected chi connectivity index (χ4v) is 4.23. The van der Waals surface area contributed by atoms with E-state index >= 15 is 0 Å². The van der Waals surface area contributed by atoms with Crippen LogP contribution >= 0.6 is 0 Å². The third kappa shape index (κ3) is 6.94. The van der Waals surface area contributed by atoms with Crippen LogP contribution in [0.5, 0.6) is 11.5 Å². The number of hydrogen-bond acceptors (Lipinski definition) is 4. The monoisotopic (exact) mass is 471 g/mol. The molecule has 0 bridgehead atoms. The average Bonchev–Trinajstić information content (AvgIpc) is 2.64. The quantitative estimate of drug-likeness (QED) is 0.504. The second kappa shape index (κ2) is 9.25. The van der Waals surface area contributed by atoms with Crippen molar-refractivity contribution in [2.24, 2.45) is 0 Å². The van der Waals surface area contributed by atoms with E-state index in [0.29, 0.717) is 6.07 Å². The Morgan fingerprint density at radius 1 is 0.903 bits per heavy atom. The number of ether oxygens (including phenoxy) is 2. The van der Waals surface area contributed by atoms with Gasteiger partial charge in [0.1, 0.15) is 16.4 Å². The second-order valence-electron chi connectivity index (χ2n) is 6.43. The van der Waals surface area contributed by atoms with Gasteiger partial charge in [0.2, 0.25) is 0 Å². The van der Waals surface area contributed by atoms with Crippen molar-refractivity contribution < 1.29 is 44.2 Å². The van der Waals surface area contributed by atoms with Crippen LogP contribution in [0.3, 0.4) is 0 Å². The summed E-state index contributed by atoms with van der Waals surface area (Å²) in [5, 5.41) is 0. The predicted octanol–water partition coefficient (Wildman–Crippen LogP) is 5.09. The molecule has 0 aliphatic heterocycles. The van der Waals surface area contributed by atoms with Crippen LogP contribution in [0, 0.1) is 6.92 Å². The van der Waals surface area contributed by atoms with E-state index in [4.69, 9.17) is 0 Å². The Morgan fingerprint density at radius 2 is 1.52 bits per heavy atom. The highest BCUT2D eigenvalue weighted by Crippen LogP contribution is 2.34. The first kappa shape index (κ1) is 24.6. The van der Waals surface area contributed by atoms with E-state index in [1.807, 2.05) is 0 Å². The summed E-state index contributed by atoms with van der Waals surface area (Å²) in [4.78, 5) is -0.750. The summed E-state index contributed by atoms with van der Waals surface area (Å²) in [5.41, 5.74) is 0.952. The summed E-state index contributed by atoms with van der Waals surface area (Å²) < 4.78 is 112. The lowest BCUT2D eigenvalue weighted by Crippen LogP contribution is -2.31. The van der Waals surface area contributed by atoms with Gasteiger partial charge in [0.25, 0.3) is 10.0 Å². The number of aryl methyl sites for hydroxylation is 1. The first-order chi connectivity index (χ1) is 14.2. The Bertz CT molecular complexity index is 1010. The molecule has 0 aromatic heterocycles. The maximum atomic E-state index is 13.3. The topological polar surface area (TPSA) is 55.8 Å². The van der Waals surface area contributed by atoms with Crippen molar-refractivity contribution in [3.63, 3.8) is 0 Å². The van der Waals surface area contributed by atoms with Crippen molar-refractivity contribution in [1.29, 1.82) is 0 Å². The van der Waals surface area contributed by atoms with Crippen molar-refractivity contribution in [3.05, 3.63) is 48.0 Å². The molecule has 0 N–H and O–H groups in total. The van der Waals surface area contributed by atoms with Crippen LogP contribution < -0.4 is 13.8 Å². The number of alkyl halides is 6. The minimum Gasteiger partial charge on any atom is -0.484 e. The van der Waals surface area contributed by atoms with E-state index in [0.717, 1.165) is 22.0 Å². The number of anilines is 1. The van der Waals surface area contributed by atoms with Gasteiger partial charge in [0.15, 0.2) is 13.2 Å². The second-order valence-corrected chi connectivity index (χ2v) is 8.26. The molecule has 2 rings (SSSR count). The fourth-order valence-electron chi connectivity index (χ4n) is 2.62. The molecule has 172 valence electrons. The van der Waals surface area contributed by atoms with E-state index < -0.39 is 52.0 Å². The van der Waals surface area contributed by atoms with Crippen LogP contribution in [0.4, 0.5) is 32.0 Å². The third-order valence-electron chi connectivity index (χ3n) is 3.85. The molecule has 0 aliphatic rings. The Balaban J connectivity index is 2.53. The highest BCUT2D eigenvalue weighted by atomic mass is 32.2. The molecule has 0 aliphatic carbocycles. The van der Waals surface area contributed by atoms with Gasteiger partial charge in [-0.05, 0) is 43.7 Å². The molecule has 0 radical (unpaired) electrons. The number of hydrogen-bond donors (Lipinski definition) is 0. The molecule has 31 heavy (non-hydrogen) atoms. The Hall–Kier alpha value is -2.63. The number of halogens is 6. The van der Waals surface area contributed by atoms with E-state index in [2.05, 4.69) is 9.47 Å². The number of rotatable bonds is 8. The summed E-state index contributed by atoms with van der Waals surface area (Å²) in [5.74, 6) is -1.15. The van der Waals surface area contributed by atoms with Crippen molar-refractivity contribution in [1.82, 2.24) is 0 Å². The van der Waals surface area contributed by atoms with Gasteiger partial charge in [-0.25, -0.2) is 8.42 Å². The van der Waals surface area contributed by atoms with Gasteiger partial charge in [-0.15, -0.1) is 0 Å². The Kier molecular flexibility index (Phi) is 7.35. The number of sulfonamides is 1. The summed E-state index contributed by atoms with van der Waals surface area (Å²) in [6, 6.07) is 8.77. The maximum Gasteiger partial charge on any atom is 0.422 e. The summed E-state index contributed by atoms with van der Waals surface area (Å²) >= 11 is 0. The van der Waals surface area contributed by atoms with E-state index in [-0.39, 0.29) is 12.2 Å². The normalized spacial score (nSPS) is 12.5. The molecule has 0 spiro atoms.